The van der Waals surface area contributed by atoms with Crippen LogP contribution in [0.15, 0.2) is 48.5 Å². The van der Waals surface area contributed by atoms with Crippen LogP contribution in [-0.4, -0.2) is 25.0 Å². The van der Waals surface area contributed by atoms with Gasteiger partial charge in [-0.1, -0.05) is 18.2 Å². The molecule has 1 amide bonds. The molecule has 0 radical (unpaired) electrons. The molecule has 0 aliphatic rings. The summed E-state index contributed by atoms with van der Waals surface area (Å²) in [7, 11) is 3.04. The molecule has 2 aromatic rings. The van der Waals surface area contributed by atoms with Crippen LogP contribution >= 0.6 is 0 Å². The third-order valence-corrected chi connectivity index (χ3v) is 3.34. The highest BCUT2D eigenvalue weighted by Gasteiger charge is 2.30. The molecule has 0 fully saturated rings. The molecule has 0 atom stereocenters. The Morgan fingerprint density at radius 2 is 1.83 bits per heavy atom. The molecule has 6 heteroatoms. The highest BCUT2D eigenvalue weighted by molar-refractivity contribution is 5.94. The molecule has 0 aliphatic heterocycles. The van der Waals surface area contributed by atoms with E-state index in [0.717, 1.165) is 12.1 Å². The molecule has 0 unspecified atom stereocenters. The Bertz CT molecular complexity index is 698. The normalized spacial score (nSPS) is 11.2. The summed E-state index contributed by atoms with van der Waals surface area (Å²) < 4.78 is 43.2. The van der Waals surface area contributed by atoms with Crippen LogP contribution in [0.25, 0.3) is 0 Å². The first-order valence-corrected chi connectivity index (χ1v) is 6.87. The number of methoxy groups -OCH3 is 1. The third kappa shape index (κ3) is 4.25. The van der Waals surface area contributed by atoms with Gasteiger partial charge in [-0.2, -0.15) is 13.2 Å². The van der Waals surface area contributed by atoms with Gasteiger partial charge in [0, 0.05) is 19.2 Å². The summed E-state index contributed by atoms with van der Waals surface area (Å²) >= 11 is 0. The lowest BCUT2D eigenvalue weighted by molar-refractivity contribution is -0.137. The number of hydrogen-bond donors (Lipinski definition) is 0. The number of amides is 1. The SMILES string of the molecule is COc1cccc(C(=O)N(C)Cc2cccc(C(F)(F)F)c2)c1. The van der Waals surface area contributed by atoms with Crippen LogP contribution in [0, 0.1) is 0 Å². The van der Waals surface area contributed by atoms with Gasteiger partial charge in [0.25, 0.3) is 5.91 Å². The van der Waals surface area contributed by atoms with Crippen LogP contribution < -0.4 is 4.74 Å². The summed E-state index contributed by atoms with van der Waals surface area (Å²) in [5, 5.41) is 0. The summed E-state index contributed by atoms with van der Waals surface area (Å²) in [5.74, 6) is 0.254. The minimum absolute atomic E-state index is 0.0833. The van der Waals surface area contributed by atoms with Crippen molar-refractivity contribution in [1.29, 1.82) is 0 Å². The summed E-state index contributed by atoms with van der Waals surface area (Å²) in [6.07, 6.45) is -4.40. The van der Waals surface area contributed by atoms with E-state index in [0.29, 0.717) is 16.9 Å². The maximum atomic E-state index is 12.7. The van der Waals surface area contributed by atoms with E-state index in [9.17, 15) is 18.0 Å². The molecule has 23 heavy (non-hydrogen) atoms. The highest BCUT2D eigenvalue weighted by atomic mass is 19.4. The Morgan fingerprint density at radius 1 is 1.13 bits per heavy atom. The number of rotatable bonds is 4. The van der Waals surface area contributed by atoms with Gasteiger partial charge in [0.1, 0.15) is 5.75 Å². The monoisotopic (exact) mass is 323 g/mol. The molecule has 0 bridgehead atoms. The first-order chi connectivity index (χ1) is 10.8. The number of nitrogens with zero attached hydrogens (tertiary/aromatic N) is 1. The van der Waals surface area contributed by atoms with Crippen molar-refractivity contribution in [2.45, 2.75) is 12.7 Å². The van der Waals surface area contributed by atoms with E-state index in [4.69, 9.17) is 4.74 Å². The van der Waals surface area contributed by atoms with Gasteiger partial charge in [0.15, 0.2) is 0 Å². The number of halogens is 3. The van der Waals surface area contributed by atoms with Crippen molar-refractivity contribution < 1.29 is 22.7 Å². The van der Waals surface area contributed by atoms with Crippen LogP contribution in [0.4, 0.5) is 13.2 Å². The summed E-state index contributed by atoms with van der Waals surface area (Å²) in [6.45, 7) is 0.0833. The van der Waals surface area contributed by atoms with Crippen molar-refractivity contribution in [3.63, 3.8) is 0 Å². The fraction of sp³-hybridized carbons (Fsp3) is 0.235. The fourth-order valence-electron chi connectivity index (χ4n) is 2.17. The zero-order valence-electron chi connectivity index (χ0n) is 12.7. The number of carbonyl (C=O) groups excluding carboxylic acids is 1. The third-order valence-electron chi connectivity index (χ3n) is 3.34. The standard InChI is InChI=1S/C17H16F3NO2/c1-21(16(22)13-6-4-8-15(10-13)23-2)11-12-5-3-7-14(9-12)17(18,19)20/h3-10H,11H2,1-2H3. The predicted molar refractivity (Wildman–Crippen MR) is 80.2 cm³/mol. The van der Waals surface area contributed by atoms with E-state index in [1.165, 1.54) is 18.1 Å². The second kappa shape index (κ2) is 6.73. The van der Waals surface area contributed by atoms with Gasteiger partial charge in [-0.3, -0.25) is 4.79 Å². The molecule has 0 N–H and O–H groups in total. The second-order valence-corrected chi connectivity index (χ2v) is 5.09. The number of ether oxygens (including phenoxy) is 1. The molecular formula is C17H16F3NO2. The van der Waals surface area contributed by atoms with Crippen molar-refractivity contribution in [1.82, 2.24) is 4.90 Å². The maximum Gasteiger partial charge on any atom is 0.416 e. The largest absolute Gasteiger partial charge is 0.497 e. The van der Waals surface area contributed by atoms with Gasteiger partial charge < -0.3 is 9.64 Å². The van der Waals surface area contributed by atoms with E-state index in [1.807, 2.05) is 0 Å². The van der Waals surface area contributed by atoms with Crippen LogP contribution in [0.3, 0.4) is 0 Å². The molecule has 0 aliphatic carbocycles. The quantitative estimate of drug-likeness (QED) is 0.851. The van der Waals surface area contributed by atoms with Gasteiger partial charge in [-0.05, 0) is 35.9 Å². The Kier molecular flexibility index (Phi) is 4.93. The zero-order chi connectivity index (χ0) is 17.0. The molecule has 0 saturated heterocycles. The van der Waals surface area contributed by atoms with Crippen LogP contribution in [-0.2, 0) is 12.7 Å². The lowest BCUT2D eigenvalue weighted by Gasteiger charge is -2.18. The van der Waals surface area contributed by atoms with Gasteiger partial charge in [0.05, 0.1) is 12.7 Å². The highest BCUT2D eigenvalue weighted by Crippen LogP contribution is 2.29. The Labute approximate surface area is 132 Å². The van der Waals surface area contributed by atoms with Crippen molar-refractivity contribution in [2.24, 2.45) is 0 Å². The second-order valence-electron chi connectivity index (χ2n) is 5.09. The number of alkyl halides is 3. The number of hydrogen-bond acceptors (Lipinski definition) is 2. The van der Waals surface area contributed by atoms with E-state index < -0.39 is 11.7 Å². The fourth-order valence-corrected chi connectivity index (χ4v) is 2.17. The molecule has 0 heterocycles. The zero-order valence-corrected chi connectivity index (χ0v) is 12.7. The van der Waals surface area contributed by atoms with Crippen molar-refractivity contribution in [3.05, 3.63) is 65.2 Å². The molecule has 122 valence electrons. The average molecular weight is 323 g/mol. The molecule has 2 rings (SSSR count). The predicted octanol–water partition coefficient (Wildman–Crippen LogP) is 3.99. The van der Waals surface area contributed by atoms with Crippen molar-refractivity contribution >= 4 is 5.91 Å². The molecule has 0 spiro atoms. The van der Waals surface area contributed by atoms with E-state index in [1.54, 1.807) is 37.4 Å². The van der Waals surface area contributed by atoms with E-state index >= 15 is 0 Å². The molecule has 2 aromatic carbocycles. The maximum absolute atomic E-state index is 12.7. The summed E-state index contributed by atoms with van der Waals surface area (Å²) in [4.78, 5) is 13.7. The first-order valence-electron chi connectivity index (χ1n) is 6.87. The minimum atomic E-state index is -4.40. The topological polar surface area (TPSA) is 29.5 Å². The number of carbonyl (C=O) groups is 1. The first kappa shape index (κ1) is 16.9. The van der Waals surface area contributed by atoms with E-state index in [2.05, 4.69) is 0 Å². The van der Waals surface area contributed by atoms with Crippen molar-refractivity contribution in [2.75, 3.05) is 14.2 Å². The average Bonchev–Trinajstić information content (AvgIpc) is 2.53. The smallest absolute Gasteiger partial charge is 0.416 e. The van der Waals surface area contributed by atoms with Crippen LogP contribution in [0.2, 0.25) is 0 Å². The van der Waals surface area contributed by atoms with Gasteiger partial charge in [-0.15, -0.1) is 0 Å². The van der Waals surface area contributed by atoms with Crippen LogP contribution in [0.1, 0.15) is 21.5 Å². The van der Waals surface area contributed by atoms with Gasteiger partial charge in [0.2, 0.25) is 0 Å². The molecule has 0 saturated carbocycles. The molecular weight excluding hydrogens is 307 g/mol. The Balaban J connectivity index is 2.15. The Hall–Kier alpha value is -2.50. The van der Waals surface area contributed by atoms with Crippen LogP contribution in [0.5, 0.6) is 5.75 Å². The summed E-state index contributed by atoms with van der Waals surface area (Å²) in [5.41, 5.74) is 0.106. The van der Waals surface area contributed by atoms with E-state index in [-0.39, 0.29) is 12.5 Å². The number of benzene rings is 2. The lowest BCUT2D eigenvalue weighted by Crippen LogP contribution is -2.26. The minimum Gasteiger partial charge on any atom is -0.497 e. The van der Waals surface area contributed by atoms with Gasteiger partial charge >= 0.3 is 6.18 Å². The summed E-state index contributed by atoms with van der Waals surface area (Å²) in [6, 6.07) is 11.6. The van der Waals surface area contributed by atoms with Gasteiger partial charge in [-0.25, -0.2) is 0 Å². The lowest BCUT2D eigenvalue weighted by atomic mass is 10.1. The molecule has 3 nitrogen and oxygen atoms in total. The molecule has 0 aromatic heterocycles. The van der Waals surface area contributed by atoms with Crippen molar-refractivity contribution in [3.8, 4) is 5.75 Å². The Morgan fingerprint density at radius 3 is 2.48 bits per heavy atom.